The van der Waals surface area contributed by atoms with Crippen LogP contribution in [-0.2, 0) is 6.54 Å². The summed E-state index contributed by atoms with van der Waals surface area (Å²) in [6.45, 7) is 4.62. The molecule has 0 N–H and O–H groups in total. The summed E-state index contributed by atoms with van der Waals surface area (Å²) >= 11 is 0. The molecule has 1 aliphatic heterocycles. The lowest BCUT2D eigenvalue weighted by Gasteiger charge is -2.23. The fraction of sp³-hybridized carbons (Fsp3) is 0.438. The van der Waals surface area contributed by atoms with Gasteiger partial charge in [-0.1, -0.05) is 23.4 Å². The molecule has 0 radical (unpaired) electrons. The van der Waals surface area contributed by atoms with Crippen molar-refractivity contribution in [2.24, 2.45) is 0 Å². The van der Waals surface area contributed by atoms with Crippen LogP contribution in [0.15, 0.2) is 40.9 Å². The second-order valence-electron chi connectivity index (χ2n) is 5.32. The maximum atomic E-state index is 5.88. The van der Waals surface area contributed by atoms with Crippen molar-refractivity contribution in [1.29, 1.82) is 0 Å². The monoisotopic (exact) mass is 272 g/mol. The van der Waals surface area contributed by atoms with E-state index in [0.717, 1.165) is 36.9 Å². The lowest BCUT2D eigenvalue weighted by molar-refractivity contribution is 0.164. The van der Waals surface area contributed by atoms with Gasteiger partial charge in [0.2, 0.25) is 0 Å². The second-order valence-corrected chi connectivity index (χ2v) is 5.32. The third kappa shape index (κ3) is 3.20. The topological polar surface area (TPSA) is 38.5 Å². The highest BCUT2D eigenvalue weighted by Crippen LogP contribution is 2.21. The smallest absolute Gasteiger partial charge is 0.133 e. The third-order valence-electron chi connectivity index (χ3n) is 3.73. The van der Waals surface area contributed by atoms with E-state index in [4.69, 9.17) is 9.26 Å². The Labute approximate surface area is 119 Å². The molecule has 2 heterocycles. The first-order valence-corrected chi connectivity index (χ1v) is 7.15. The van der Waals surface area contributed by atoms with Crippen LogP contribution in [0.3, 0.4) is 0 Å². The Hall–Kier alpha value is -1.81. The first-order chi connectivity index (χ1) is 9.81. The van der Waals surface area contributed by atoms with Crippen LogP contribution in [-0.4, -0.2) is 29.3 Å². The van der Waals surface area contributed by atoms with Gasteiger partial charge in [-0.05, 0) is 38.4 Å². The SMILES string of the molecule is Cc1cc(CN2CCC[C@H]2COc2ccccc2)no1. The molecule has 20 heavy (non-hydrogen) atoms. The van der Waals surface area contributed by atoms with Gasteiger partial charge >= 0.3 is 0 Å². The zero-order valence-electron chi connectivity index (χ0n) is 11.8. The van der Waals surface area contributed by atoms with E-state index in [2.05, 4.69) is 10.1 Å². The summed E-state index contributed by atoms with van der Waals surface area (Å²) in [5.74, 6) is 1.81. The van der Waals surface area contributed by atoms with E-state index >= 15 is 0 Å². The van der Waals surface area contributed by atoms with E-state index < -0.39 is 0 Å². The highest BCUT2D eigenvalue weighted by molar-refractivity contribution is 5.21. The van der Waals surface area contributed by atoms with Gasteiger partial charge in [0, 0.05) is 18.7 Å². The van der Waals surface area contributed by atoms with E-state index in [-0.39, 0.29) is 0 Å². The minimum Gasteiger partial charge on any atom is -0.492 e. The first-order valence-electron chi connectivity index (χ1n) is 7.15. The van der Waals surface area contributed by atoms with Gasteiger partial charge in [-0.3, -0.25) is 4.90 Å². The number of para-hydroxylation sites is 1. The quantitative estimate of drug-likeness (QED) is 0.838. The van der Waals surface area contributed by atoms with Crippen LogP contribution in [0, 0.1) is 6.92 Å². The molecule has 1 aromatic heterocycles. The van der Waals surface area contributed by atoms with E-state index in [9.17, 15) is 0 Å². The Kier molecular flexibility index (Phi) is 4.02. The van der Waals surface area contributed by atoms with E-state index in [0.29, 0.717) is 6.04 Å². The standard InChI is InChI=1S/C16H20N2O2/c1-13-10-14(17-20-13)11-18-9-5-6-15(18)12-19-16-7-3-2-4-8-16/h2-4,7-8,10,15H,5-6,9,11-12H2,1H3/t15-/m0/s1. The molecule has 0 saturated carbocycles. The van der Waals surface area contributed by atoms with Crippen LogP contribution in [0.4, 0.5) is 0 Å². The molecule has 1 saturated heterocycles. The van der Waals surface area contributed by atoms with Gasteiger partial charge in [0.05, 0.1) is 5.69 Å². The lowest BCUT2D eigenvalue weighted by Crippen LogP contribution is -2.33. The summed E-state index contributed by atoms with van der Waals surface area (Å²) in [4.78, 5) is 2.43. The maximum Gasteiger partial charge on any atom is 0.133 e. The van der Waals surface area contributed by atoms with Crippen LogP contribution < -0.4 is 4.74 Å². The van der Waals surface area contributed by atoms with Gasteiger partial charge in [-0.25, -0.2) is 0 Å². The fourth-order valence-electron chi connectivity index (χ4n) is 2.70. The normalized spacial score (nSPS) is 19.4. The molecule has 1 aromatic carbocycles. The number of benzene rings is 1. The van der Waals surface area contributed by atoms with Gasteiger partial charge in [0.15, 0.2) is 0 Å². The Balaban J connectivity index is 1.55. The molecule has 3 rings (SSSR count). The van der Waals surface area contributed by atoms with Crippen molar-refractivity contribution >= 4 is 0 Å². The van der Waals surface area contributed by atoms with Crippen LogP contribution in [0.5, 0.6) is 5.75 Å². The van der Waals surface area contributed by atoms with Crippen molar-refractivity contribution in [3.05, 3.63) is 47.9 Å². The highest BCUT2D eigenvalue weighted by atomic mass is 16.5. The summed E-state index contributed by atoms with van der Waals surface area (Å²) < 4.78 is 11.0. The number of hydrogen-bond acceptors (Lipinski definition) is 4. The number of aromatic nitrogens is 1. The number of hydrogen-bond donors (Lipinski definition) is 0. The van der Waals surface area contributed by atoms with Gasteiger partial charge in [0.1, 0.15) is 18.1 Å². The average molecular weight is 272 g/mol. The van der Waals surface area contributed by atoms with Crippen molar-refractivity contribution in [2.45, 2.75) is 32.4 Å². The molecule has 0 bridgehead atoms. The number of likely N-dealkylation sites (tertiary alicyclic amines) is 1. The predicted molar refractivity (Wildman–Crippen MR) is 76.6 cm³/mol. The zero-order chi connectivity index (χ0) is 13.8. The van der Waals surface area contributed by atoms with Crippen molar-refractivity contribution in [1.82, 2.24) is 10.1 Å². The number of ether oxygens (including phenoxy) is 1. The van der Waals surface area contributed by atoms with E-state index in [1.165, 1.54) is 12.8 Å². The van der Waals surface area contributed by atoms with Gasteiger partial charge in [-0.2, -0.15) is 0 Å². The molecular weight excluding hydrogens is 252 g/mol. The Morgan fingerprint density at radius 3 is 2.95 bits per heavy atom. The third-order valence-corrected chi connectivity index (χ3v) is 3.73. The molecule has 1 fully saturated rings. The van der Waals surface area contributed by atoms with Crippen molar-refractivity contribution in [2.75, 3.05) is 13.2 Å². The highest BCUT2D eigenvalue weighted by Gasteiger charge is 2.25. The number of nitrogens with zero attached hydrogens (tertiary/aromatic N) is 2. The second kappa shape index (κ2) is 6.09. The summed E-state index contributed by atoms with van der Waals surface area (Å²) in [6.07, 6.45) is 2.41. The Morgan fingerprint density at radius 2 is 2.20 bits per heavy atom. The molecule has 0 spiro atoms. The molecule has 1 aliphatic rings. The molecule has 2 aromatic rings. The Morgan fingerprint density at radius 1 is 1.35 bits per heavy atom. The van der Waals surface area contributed by atoms with Crippen molar-refractivity contribution in [3.8, 4) is 5.75 Å². The summed E-state index contributed by atoms with van der Waals surface area (Å²) in [7, 11) is 0. The molecule has 4 nitrogen and oxygen atoms in total. The van der Waals surface area contributed by atoms with Crippen LogP contribution in [0.25, 0.3) is 0 Å². The van der Waals surface area contributed by atoms with E-state index in [1.807, 2.05) is 43.3 Å². The molecule has 106 valence electrons. The molecule has 1 atom stereocenters. The Bertz CT molecular complexity index is 538. The molecule has 0 aliphatic carbocycles. The van der Waals surface area contributed by atoms with Gasteiger partial charge in [-0.15, -0.1) is 0 Å². The maximum absolute atomic E-state index is 5.88. The lowest BCUT2D eigenvalue weighted by atomic mass is 10.2. The molecule has 0 unspecified atom stereocenters. The van der Waals surface area contributed by atoms with Crippen molar-refractivity contribution in [3.63, 3.8) is 0 Å². The summed E-state index contributed by atoms with van der Waals surface area (Å²) in [6, 6.07) is 12.5. The van der Waals surface area contributed by atoms with E-state index in [1.54, 1.807) is 0 Å². The average Bonchev–Trinajstić information content (AvgIpc) is 3.07. The van der Waals surface area contributed by atoms with Crippen LogP contribution in [0.2, 0.25) is 0 Å². The molecule has 4 heteroatoms. The van der Waals surface area contributed by atoms with Crippen LogP contribution >= 0.6 is 0 Å². The summed E-state index contributed by atoms with van der Waals surface area (Å²) in [5, 5.41) is 4.07. The fourth-order valence-corrected chi connectivity index (χ4v) is 2.70. The summed E-state index contributed by atoms with van der Waals surface area (Å²) in [5.41, 5.74) is 1.01. The minimum atomic E-state index is 0.465. The first kappa shape index (κ1) is 13.2. The van der Waals surface area contributed by atoms with Crippen LogP contribution in [0.1, 0.15) is 24.3 Å². The zero-order valence-corrected chi connectivity index (χ0v) is 11.8. The van der Waals surface area contributed by atoms with Gasteiger partial charge in [0.25, 0.3) is 0 Å². The number of aryl methyl sites for hydroxylation is 1. The largest absolute Gasteiger partial charge is 0.492 e. The molecular formula is C16H20N2O2. The molecule has 0 amide bonds. The minimum absolute atomic E-state index is 0.465. The number of rotatable bonds is 5. The van der Waals surface area contributed by atoms with Crippen molar-refractivity contribution < 1.29 is 9.26 Å². The van der Waals surface area contributed by atoms with Gasteiger partial charge < -0.3 is 9.26 Å². The predicted octanol–water partition coefficient (Wildman–Crippen LogP) is 3.03.